The quantitative estimate of drug-likeness (QED) is 0.708. The number of hydrogen-bond donors (Lipinski definition) is 2. The minimum Gasteiger partial charge on any atom is -0.496 e. The van der Waals surface area contributed by atoms with E-state index < -0.39 is 11.9 Å². The maximum atomic E-state index is 12.0. The Morgan fingerprint density at radius 3 is 2.56 bits per heavy atom. The first-order valence-corrected chi connectivity index (χ1v) is 8.71. The Hall–Kier alpha value is -3.02. The fourth-order valence-electron chi connectivity index (χ4n) is 2.75. The predicted octanol–water partition coefficient (Wildman–Crippen LogP) is 2.75. The first-order valence-electron chi connectivity index (χ1n) is 8.71. The first kappa shape index (κ1) is 20.3. The zero-order chi connectivity index (χ0) is 19.8. The second kappa shape index (κ2) is 9.62. The SMILES string of the molecule is COc1ccc(OCC(=O)NCC(Cc2cccc(C)c2)C(=O)O)cc1C. The number of aliphatic carboxylic acids is 1. The lowest BCUT2D eigenvalue weighted by Gasteiger charge is -2.14. The summed E-state index contributed by atoms with van der Waals surface area (Å²) in [6.07, 6.45) is 0.357. The van der Waals surface area contributed by atoms with Crippen LogP contribution in [-0.2, 0) is 16.0 Å². The molecule has 0 aliphatic heterocycles. The normalized spacial score (nSPS) is 11.5. The van der Waals surface area contributed by atoms with Gasteiger partial charge in [-0.1, -0.05) is 29.8 Å². The lowest BCUT2D eigenvalue weighted by atomic mass is 9.98. The molecule has 0 aliphatic carbocycles. The Bertz CT molecular complexity index is 803. The summed E-state index contributed by atoms with van der Waals surface area (Å²) >= 11 is 0. The number of carboxylic acid groups (broad SMARTS) is 1. The van der Waals surface area contributed by atoms with Crippen LogP contribution in [0.1, 0.15) is 16.7 Å². The smallest absolute Gasteiger partial charge is 0.308 e. The summed E-state index contributed by atoms with van der Waals surface area (Å²) in [5.41, 5.74) is 2.91. The van der Waals surface area contributed by atoms with E-state index in [0.717, 1.165) is 22.4 Å². The highest BCUT2D eigenvalue weighted by Gasteiger charge is 2.19. The van der Waals surface area contributed by atoms with Gasteiger partial charge in [0, 0.05) is 6.54 Å². The minimum absolute atomic E-state index is 0.0487. The van der Waals surface area contributed by atoms with Crippen LogP contribution in [-0.4, -0.2) is 37.2 Å². The molecule has 2 aromatic rings. The van der Waals surface area contributed by atoms with Crippen molar-refractivity contribution in [1.29, 1.82) is 0 Å². The first-order chi connectivity index (χ1) is 12.9. The average Bonchev–Trinajstić information content (AvgIpc) is 2.63. The van der Waals surface area contributed by atoms with E-state index in [9.17, 15) is 14.7 Å². The summed E-state index contributed by atoms with van der Waals surface area (Å²) in [7, 11) is 1.59. The predicted molar refractivity (Wildman–Crippen MR) is 102 cm³/mol. The molecule has 2 rings (SSSR count). The molecule has 0 bridgehead atoms. The number of aryl methyl sites for hydroxylation is 2. The van der Waals surface area contributed by atoms with Crippen molar-refractivity contribution in [2.24, 2.45) is 5.92 Å². The number of amides is 1. The fourth-order valence-corrected chi connectivity index (χ4v) is 2.75. The van der Waals surface area contributed by atoms with Crippen LogP contribution >= 0.6 is 0 Å². The molecule has 27 heavy (non-hydrogen) atoms. The van der Waals surface area contributed by atoms with Gasteiger partial charge in [-0.3, -0.25) is 9.59 Å². The summed E-state index contributed by atoms with van der Waals surface area (Å²) in [4.78, 5) is 23.5. The molecular formula is C21H25NO5. The molecule has 0 radical (unpaired) electrons. The van der Waals surface area contributed by atoms with E-state index in [2.05, 4.69) is 5.32 Å². The van der Waals surface area contributed by atoms with Crippen molar-refractivity contribution in [3.8, 4) is 11.5 Å². The van der Waals surface area contributed by atoms with Crippen LogP contribution < -0.4 is 14.8 Å². The molecule has 1 amide bonds. The molecule has 0 aliphatic rings. The number of methoxy groups -OCH3 is 1. The van der Waals surface area contributed by atoms with E-state index in [4.69, 9.17) is 9.47 Å². The van der Waals surface area contributed by atoms with Gasteiger partial charge in [-0.2, -0.15) is 0 Å². The van der Waals surface area contributed by atoms with Gasteiger partial charge in [-0.05, 0) is 49.6 Å². The maximum absolute atomic E-state index is 12.0. The molecule has 1 unspecified atom stereocenters. The third-order valence-electron chi connectivity index (χ3n) is 4.20. The van der Waals surface area contributed by atoms with Crippen molar-refractivity contribution in [3.05, 3.63) is 59.2 Å². The van der Waals surface area contributed by atoms with Crippen molar-refractivity contribution in [2.75, 3.05) is 20.3 Å². The number of carbonyl (C=O) groups excluding carboxylic acids is 1. The second-order valence-corrected chi connectivity index (χ2v) is 6.45. The van der Waals surface area contributed by atoms with Gasteiger partial charge in [-0.25, -0.2) is 0 Å². The summed E-state index contributed by atoms with van der Waals surface area (Å²) in [5.74, 6) is -0.702. The standard InChI is InChI=1S/C21H25NO5/c1-14-5-4-6-16(9-14)11-17(21(24)25)12-22-20(23)13-27-18-7-8-19(26-3)15(2)10-18/h4-10,17H,11-13H2,1-3H3,(H,22,23)(H,24,25). The Labute approximate surface area is 159 Å². The largest absolute Gasteiger partial charge is 0.496 e. The van der Waals surface area contributed by atoms with Crippen molar-refractivity contribution in [2.45, 2.75) is 20.3 Å². The molecule has 144 valence electrons. The molecule has 0 heterocycles. The molecule has 1 atom stereocenters. The van der Waals surface area contributed by atoms with Gasteiger partial charge in [0.15, 0.2) is 6.61 Å². The molecule has 0 fully saturated rings. The molecule has 2 aromatic carbocycles. The van der Waals surface area contributed by atoms with Gasteiger partial charge in [0.2, 0.25) is 0 Å². The van der Waals surface area contributed by atoms with Crippen LogP contribution in [0.2, 0.25) is 0 Å². The molecule has 0 spiro atoms. The number of benzene rings is 2. The van der Waals surface area contributed by atoms with E-state index in [0.29, 0.717) is 12.2 Å². The molecule has 0 aromatic heterocycles. The second-order valence-electron chi connectivity index (χ2n) is 6.45. The summed E-state index contributed by atoms with van der Waals surface area (Å²) < 4.78 is 10.6. The topological polar surface area (TPSA) is 84.9 Å². The highest BCUT2D eigenvalue weighted by Crippen LogP contribution is 2.22. The van der Waals surface area contributed by atoms with E-state index in [-0.39, 0.29) is 19.1 Å². The monoisotopic (exact) mass is 371 g/mol. The Balaban J connectivity index is 1.85. The molecular weight excluding hydrogens is 346 g/mol. The van der Waals surface area contributed by atoms with Gasteiger partial charge >= 0.3 is 5.97 Å². The molecule has 0 saturated heterocycles. The van der Waals surface area contributed by atoms with E-state index in [1.807, 2.05) is 38.1 Å². The molecule has 0 saturated carbocycles. The Morgan fingerprint density at radius 2 is 1.93 bits per heavy atom. The highest BCUT2D eigenvalue weighted by molar-refractivity contribution is 5.78. The van der Waals surface area contributed by atoms with Crippen LogP contribution in [0.4, 0.5) is 0 Å². The zero-order valence-corrected chi connectivity index (χ0v) is 15.8. The van der Waals surface area contributed by atoms with Crippen LogP contribution in [0.25, 0.3) is 0 Å². The van der Waals surface area contributed by atoms with Gasteiger partial charge in [0.1, 0.15) is 11.5 Å². The molecule has 2 N–H and O–H groups in total. The maximum Gasteiger partial charge on any atom is 0.308 e. The number of ether oxygens (including phenoxy) is 2. The lowest BCUT2D eigenvalue weighted by Crippen LogP contribution is -2.36. The van der Waals surface area contributed by atoms with Crippen LogP contribution in [0.15, 0.2) is 42.5 Å². The highest BCUT2D eigenvalue weighted by atomic mass is 16.5. The van der Waals surface area contributed by atoms with Crippen LogP contribution in [0.5, 0.6) is 11.5 Å². The molecule has 6 heteroatoms. The van der Waals surface area contributed by atoms with Crippen molar-refractivity contribution >= 4 is 11.9 Å². The number of hydrogen-bond acceptors (Lipinski definition) is 4. The summed E-state index contributed by atoms with van der Waals surface area (Å²) in [5, 5.41) is 12.0. The van der Waals surface area contributed by atoms with E-state index in [1.54, 1.807) is 25.3 Å². The minimum atomic E-state index is -0.941. The number of carbonyl (C=O) groups is 2. The van der Waals surface area contributed by atoms with Gasteiger partial charge in [-0.15, -0.1) is 0 Å². The Morgan fingerprint density at radius 1 is 1.15 bits per heavy atom. The van der Waals surface area contributed by atoms with Gasteiger partial charge in [0.05, 0.1) is 13.0 Å². The zero-order valence-electron chi connectivity index (χ0n) is 15.8. The summed E-state index contributed by atoms with van der Waals surface area (Å²) in [6, 6.07) is 13.0. The Kier molecular flexibility index (Phi) is 7.23. The third-order valence-corrected chi connectivity index (χ3v) is 4.20. The van der Waals surface area contributed by atoms with Crippen molar-refractivity contribution < 1.29 is 24.2 Å². The lowest BCUT2D eigenvalue weighted by molar-refractivity contribution is -0.141. The average molecular weight is 371 g/mol. The van der Waals surface area contributed by atoms with Crippen LogP contribution in [0.3, 0.4) is 0 Å². The van der Waals surface area contributed by atoms with E-state index >= 15 is 0 Å². The van der Waals surface area contributed by atoms with E-state index in [1.165, 1.54) is 0 Å². The number of carboxylic acids is 1. The number of nitrogens with one attached hydrogen (secondary N) is 1. The van der Waals surface area contributed by atoms with Gasteiger partial charge in [0.25, 0.3) is 5.91 Å². The fraction of sp³-hybridized carbons (Fsp3) is 0.333. The van der Waals surface area contributed by atoms with Gasteiger partial charge < -0.3 is 19.9 Å². The van der Waals surface area contributed by atoms with Crippen LogP contribution in [0, 0.1) is 19.8 Å². The number of rotatable bonds is 9. The van der Waals surface area contributed by atoms with Crippen molar-refractivity contribution in [1.82, 2.24) is 5.32 Å². The molecule has 6 nitrogen and oxygen atoms in total. The summed E-state index contributed by atoms with van der Waals surface area (Å²) in [6.45, 7) is 3.71. The van der Waals surface area contributed by atoms with Crippen molar-refractivity contribution in [3.63, 3.8) is 0 Å². The third kappa shape index (κ3) is 6.33.